The summed E-state index contributed by atoms with van der Waals surface area (Å²) in [6.45, 7) is 25.1. The van der Waals surface area contributed by atoms with Crippen molar-refractivity contribution in [3.8, 4) is 5.69 Å². The Kier molecular flexibility index (Phi) is 9.01. The van der Waals surface area contributed by atoms with E-state index in [0.717, 1.165) is 55.7 Å². The Hall–Kier alpha value is -6.00. The zero-order valence-electron chi connectivity index (χ0n) is 36.5. The molecule has 4 heteroatoms. The van der Waals surface area contributed by atoms with E-state index < -0.39 is 0 Å². The van der Waals surface area contributed by atoms with E-state index in [2.05, 4.69) is 208 Å². The van der Waals surface area contributed by atoms with Crippen molar-refractivity contribution >= 4 is 66.1 Å². The van der Waals surface area contributed by atoms with Crippen molar-refractivity contribution in [2.45, 2.75) is 98.4 Å². The van der Waals surface area contributed by atoms with Crippen LogP contribution in [0.2, 0.25) is 0 Å². The molecule has 2 aromatic heterocycles. The summed E-state index contributed by atoms with van der Waals surface area (Å²) >= 11 is 0. The zero-order chi connectivity index (χ0) is 41.6. The van der Waals surface area contributed by atoms with Crippen LogP contribution in [0.4, 0.5) is 0 Å². The molecule has 9 aromatic rings. The topological polar surface area (TPSA) is 42.8 Å². The van der Waals surface area contributed by atoms with Crippen molar-refractivity contribution in [3.63, 3.8) is 0 Å². The number of hydrogen-bond donors (Lipinski definition) is 0. The van der Waals surface area contributed by atoms with Crippen LogP contribution in [0.3, 0.4) is 0 Å². The molecule has 0 aliphatic heterocycles. The van der Waals surface area contributed by atoms with Gasteiger partial charge >= 0.3 is 0 Å². The molecular formula is C55H55N3O. The maximum Gasteiger partial charge on any atom is 0.156 e. The highest BCUT2D eigenvalue weighted by Crippen LogP contribution is 2.48. The SMILES string of the molecule is CC(=NC(=NC(C)c1ccccc1)c1cccc2c1c1ccccc1n2-c1ccccc1)c1cc(C(C)(C)C)c2ccc3c(C(C)(C)C)cc(C(C)(C)C)c4oc1c2c34. The van der Waals surface area contributed by atoms with Crippen LogP contribution < -0.4 is 0 Å². The summed E-state index contributed by atoms with van der Waals surface area (Å²) in [6.07, 6.45) is 0. The molecule has 296 valence electrons. The fourth-order valence-corrected chi connectivity index (χ4v) is 9.18. The lowest BCUT2D eigenvalue weighted by Gasteiger charge is -2.27. The molecule has 0 saturated carbocycles. The Labute approximate surface area is 348 Å². The summed E-state index contributed by atoms with van der Waals surface area (Å²) in [5, 5.41) is 7.22. The van der Waals surface area contributed by atoms with Gasteiger partial charge < -0.3 is 8.98 Å². The molecule has 0 bridgehead atoms. The second-order valence-corrected chi connectivity index (χ2v) is 19.5. The minimum Gasteiger partial charge on any atom is -0.455 e. The number of fused-ring (bicyclic) bond motifs is 3. The molecule has 7 aromatic carbocycles. The molecule has 0 fully saturated rings. The van der Waals surface area contributed by atoms with E-state index in [0.29, 0.717) is 5.84 Å². The Morgan fingerprint density at radius 3 is 1.73 bits per heavy atom. The lowest BCUT2D eigenvalue weighted by Crippen LogP contribution is -2.17. The van der Waals surface area contributed by atoms with Crippen molar-refractivity contribution in [1.29, 1.82) is 0 Å². The van der Waals surface area contributed by atoms with Crippen LogP contribution in [0, 0.1) is 0 Å². The third-order valence-corrected chi connectivity index (χ3v) is 12.1. The first kappa shape index (κ1) is 38.5. The van der Waals surface area contributed by atoms with Crippen LogP contribution in [0.1, 0.15) is 116 Å². The van der Waals surface area contributed by atoms with Gasteiger partial charge in [0.25, 0.3) is 0 Å². The minimum absolute atomic E-state index is 0.0533. The second-order valence-electron chi connectivity index (χ2n) is 19.5. The van der Waals surface area contributed by atoms with Gasteiger partial charge in [-0.1, -0.05) is 159 Å². The Morgan fingerprint density at radius 2 is 1.08 bits per heavy atom. The van der Waals surface area contributed by atoms with Crippen LogP contribution in [-0.2, 0) is 16.2 Å². The number of nitrogens with zero attached hydrogens (tertiary/aromatic N) is 3. The average molecular weight is 774 g/mol. The molecule has 0 N–H and O–H groups in total. The van der Waals surface area contributed by atoms with Gasteiger partial charge in [-0.25, -0.2) is 4.99 Å². The number of rotatable bonds is 5. The molecule has 4 nitrogen and oxygen atoms in total. The summed E-state index contributed by atoms with van der Waals surface area (Å²) in [5.74, 6) is 0.698. The van der Waals surface area contributed by atoms with E-state index in [1.54, 1.807) is 0 Å². The molecule has 1 atom stereocenters. The van der Waals surface area contributed by atoms with Gasteiger partial charge in [0.05, 0.1) is 22.8 Å². The normalized spacial score (nSPS) is 14.2. The number of para-hydroxylation sites is 2. The smallest absolute Gasteiger partial charge is 0.156 e. The highest BCUT2D eigenvalue weighted by Gasteiger charge is 2.32. The van der Waals surface area contributed by atoms with Crippen LogP contribution in [0.5, 0.6) is 0 Å². The van der Waals surface area contributed by atoms with Gasteiger partial charge in [0.15, 0.2) is 5.84 Å². The van der Waals surface area contributed by atoms with Crippen LogP contribution in [0.25, 0.3) is 60.2 Å². The first-order chi connectivity index (χ1) is 28.0. The standard InChI is InChI=1S/C55H55N3O/c1-33(35-21-14-12-15-22-35)56-52(40-26-20-28-46-47(40)39-25-18-19-27-45(39)58(46)36-23-16-13-17-24-36)57-34(2)41-31-42(53(3,4)5)37-29-30-38-43(54(6,7)8)32-44(55(9,10)11)51-49(38)48(37)50(41)59-51/h12-33H,1-11H3. The fraction of sp³-hybridized carbons (Fsp3) is 0.273. The number of hydrogen-bond acceptors (Lipinski definition) is 2. The van der Waals surface area contributed by atoms with E-state index in [1.807, 2.05) is 0 Å². The highest BCUT2D eigenvalue weighted by molar-refractivity contribution is 6.29. The largest absolute Gasteiger partial charge is 0.455 e. The maximum atomic E-state index is 7.25. The molecule has 0 spiro atoms. The first-order valence-corrected chi connectivity index (χ1v) is 21.1. The summed E-state index contributed by atoms with van der Waals surface area (Å²) < 4.78 is 9.61. The van der Waals surface area contributed by atoms with Gasteiger partial charge in [-0.05, 0) is 87.9 Å². The van der Waals surface area contributed by atoms with E-state index in [-0.39, 0.29) is 22.3 Å². The Morgan fingerprint density at radius 1 is 0.525 bits per heavy atom. The van der Waals surface area contributed by atoms with Crippen molar-refractivity contribution < 1.29 is 4.42 Å². The molecule has 9 rings (SSSR count). The van der Waals surface area contributed by atoms with E-state index in [1.165, 1.54) is 43.6 Å². The molecule has 2 heterocycles. The minimum atomic E-state index is -0.137. The zero-order valence-corrected chi connectivity index (χ0v) is 36.5. The number of aliphatic imine (C=N–C) groups is 2. The number of aromatic nitrogens is 1. The number of benzene rings is 7. The van der Waals surface area contributed by atoms with E-state index >= 15 is 0 Å². The van der Waals surface area contributed by atoms with E-state index in [9.17, 15) is 0 Å². The summed E-state index contributed by atoms with van der Waals surface area (Å²) in [7, 11) is 0. The number of furan rings is 1. The Balaban J connectivity index is 1.37. The second kappa shape index (κ2) is 13.8. The lowest BCUT2D eigenvalue weighted by atomic mass is 9.76. The van der Waals surface area contributed by atoms with Gasteiger partial charge in [-0.2, -0.15) is 0 Å². The van der Waals surface area contributed by atoms with Gasteiger partial charge in [-0.15, -0.1) is 0 Å². The van der Waals surface area contributed by atoms with Gasteiger partial charge in [0.1, 0.15) is 11.2 Å². The van der Waals surface area contributed by atoms with Crippen molar-refractivity contribution in [1.82, 2.24) is 4.57 Å². The fourth-order valence-electron chi connectivity index (χ4n) is 9.18. The summed E-state index contributed by atoms with van der Waals surface area (Å²) in [5.41, 5.74) is 12.8. The Bertz CT molecular complexity index is 3100. The molecule has 0 aliphatic carbocycles. The molecule has 0 saturated heterocycles. The predicted molar refractivity (Wildman–Crippen MR) is 253 cm³/mol. The van der Waals surface area contributed by atoms with Gasteiger partial charge in [0, 0.05) is 43.9 Å². The third kappa shape index (κ3) is 6.45. The third-order valence-electron chi connectivity index (χ3n) is 12.1. The van der Waals surface area contributed by atoms with Gasteiger partial charge in [0.2, 0.25) is 0 Å². The molecule has 0 radical (unpaired) electrons. The first-order valence-electron chi connectivity index (χ1n) is 21.1. The summed E-state index contributed by atoms with van der Waals surface area (Å²) in [4.78, 5) is 11.2. The average Bonchev–Trinajstić information content (AvgIpc) is 3.76. The highest BCUT2D eigenvalue weighted by atomic mass is 16.3. The van der Waals surface area contributed by atoms with Crippen LogP contribution >= 0.6 is 0 Å². The van der Waals surface area contributed by atoms with Crippen molar-refractivity contribution in [2.24, 2.45) is 9.98 Å². The van der Waals surface area contributed by atoms with Crippen LogP contribution in [-0.4, -0.2) is 16.1 Å². The molecule has 1 unspecified atom stereocenters. The van der Waals surface area contributed by atoms with E-state index in [4.69, 9.17) is 14.4 Å². The molecule has 59 heavy (non-hydrogen) atoms. The molecular weight excluding hydrogens is 719 g/mol. The molecule has 0 aliphatic rings. The lowest BCUT2D eigenvalue weighted by molar-refractivity contribution is 0.561. The monoisotopic (exact) mass is 773 g/mol. The van der Waals surface area contributed by atoms with Gasteiger partial charge in [-0.3, -0.25) is 4.99 Å². The van der Waals surface area contributed by atoms with Crippen molar-refractivity contribution in [3.05, 3.63) is 161 Å². The van der Waals surface area contributed by atoms with Crippen molar-refractivity contribution in [2.75, 3.05) is 0 Å². The van der Waals surface area contributed by atoms with Crippen LogP contribution in [0.15, 0.2) is 142 Å². The predicted octanol–water partition coefficient (Wildman–Crippen LogP) is 15.2. The number of amidine groups is 1. The molecule has 0 amide bonds. The summed E-state index contributed by atoms with van der Waals surface area (Å²) in [6, 6.07) is 45.7. The quantitative estimate of drug-likeness (QED) is 0.0976. The maximum absolute atomic E-state index is 7.25.